The van der Waals surface area contributed by atoms with Crippen LogP contribution in [0.1, 0.15) is 35.5 Å². The van der Waals surface area contributed by atoms with Gasteiger partial charge in [0.2, 0.25) is 5.91 Å². The second-order valence-electron chi connectivity index (χ2n) is 7.72. The number of nitrogens with zero attached hydrogens (tertiary/aromatic N) is 3. The Labute approximate surface area is 193 Å². The van der Waals surface area contributed by atoms with E-state index in [0.29, 0.717) is 6.61 Å². The fourth-order valence-corrected chi connectivity index (χ4v) is 3.42. The van der Waals surface area contributed by atoms with Gasteiger partial charge in [-0.2, -0.15) is 0 Å². The van der Waals surface area contributed by atoms with Gasteiger partial charge in [-0.25, -0.2) is 4.98 Å². The second kappa shape index (κ2) is 10.4. The summed E-state index contributed by atoms with van der Waals surface area (Å²) in [4.78, 5) is 20.7. The van der Waals surface area contributed by atoms with Crippen LogP contribution in [0, 0.1) is 6.92 Å². The standard InChI is InChI=1S/C27H26N4O2/c1-20(24-8-10-25(11-9-24)31-17-16-29-21(31)2)30-27(32)14-7-22-5-12-26(13-6-22)33-19-23-4-3-15-28-18-23/h3-18,20H,19H2,1-2H3,(H,30,32)/b14-7+/t20-/m0/s1. The Morgan fingerprint density at radius 3 is 2.55 bits per heavy atom. The number of carbonyl (C=O) groups is 1. The van der Waals surface area contributed by atoms with Crippen molar-refractivity contribution in [3.63, 3.8) is 0 Å². The van der Waals surface area contributed by atoms with Gasteiger partial charge in [-0.3, -0.25) is 9.78 Å². The zero-order chi connectivity index (χ0) is 23.0. The fourth-order valence-electron chi connectivity index (χ4n) is 3.42. The quantitative estimate of drug-likeness (QED) is 0.391. The number of nitrogens with one attached hydrogen (secondary N) is 1. The summed E-state index contributed by atoms with van der Waals surface area (Å²) in [6.07, 6.45) is 10.6. The maximum Gasteiger partial charge on any atom is 0.244 e. The molecule has 2 aromatic carbocycles. The zero-order valence-electron chi connectivity index (χ0n) is 18.7. The van der Waals surface area contributed by atoms with Crippen molar-refractivity contribution >= 4 is 12.0 Å². The van der Waals surface area contributed by atoms with E-state index in [4.69, 9.17) is 4.74 Å². The summed E-state index contributed by atoms with van der Waals surface area (Å²) >= 11 is 0. The maximum absolute atomic E-state index is 12.4. The van der Waals surface area contributed by atoms with Gasteiger partial charge in [0, 0.05) is 42.1 Å². The van der Waals surface area contributed by atoms with E-state index in [1.54, 1.807) is 30.7 Å². The molecule has 6 nitrogen and oxygen atoms in total. The Hall–Kier alpha value is -4.19. The molecule has 1 amide bonds. The monoisotopic (exact) mass is 438 g/mol. The van der Waals surface area contributed by atoms with Crippen LogP contribution < -0.4 is 10.1 Å². The van der Waals surface area contributed by atoms with Crippen LogP contribution >= 0.6 is 0 Å². The number of amides is 1. The van der Waals surface area contributed by atoms with Crippen molar-refractivity contribution in [1.29, 1.82) is 0 Å². The van der Waals surface area contributed by atoms with Crippen LogP contribution in [0.3, 0.4) is 0 Å². The molecule has 0 aliphatic carbocycles. The summed E-state index contributed by atoms with van der Waals surface area (Å²) in [5, 5.41) is 3.01. The van der Waals surface area contributed by atoms with Crippen LogP contribution in [0.5, 0.6) is 5.75 Å². The maximum atomic E-state index is 12.4. The highest BCUT2D eigenvalue weighted by molar-refractivity contribution is 5.92. The molecule has 4 aromatic rings. The van der Waals surface area contributed by atoms with Crippen molar-refractivity contribution in [3.8, 4) is 11.4 Å². The van der Waals surface area contributed by atoms with Crippen LogP contribution in [-0.4, -0.2) is 20.4 Å². The van der Waals surface area contributed by atoms with Crippen molar-refractivity contribution in [2.75, 3.05) is 0 Å². The van der Waals surface area contributed by atoms with Crippen molar-refractivity contribution in [2.24, 2.45) is 0 Å². The van der Waals surface area contributed by atoms with E-state index in [0.717, 1.165) is 34.0 Å². The lowest BCUT2D eigenvalue weighted by Crippen LogP contribution is -2.24. The van der Waals surface area contributed by atoms with Crippen molar-refractivity contribution < 1.29 is 9.53 Å². The van der Waals surface area contributed by atoms with Gasteiger partial charge in [0.05, 0.1) is 6.04 Å². The number of benzene rings is 2. The highest BCUT2D eigenvalue weighted by Gasteiger charge is 2.08. The molecule has 166 valence electrons. The second-order valence-corrected chi connectivity index (χ2v) is 7.72. The number of imidazole rings is 1. The summed E-state index contributed by atoms with van der Waals surface area (Å²) in [6, 6.07) is 19.5. The fraction of sp³-hybridized carbons (Fsp3) is 0.148. The first kappa shape index (κ1) is 22.0. The number of carbonyl (C=O) groups excluding carboxylic acids is 1. The largest absolute Gasteiger partial charge is 0.489 e. The molecule has 0 aliphatic rings. The van der Waals surface area contributed by atoms with E-state index in [-0.39, 0.29) is 11.9 Å². The summed E-state index contributed by atoms with van der Waals surface area (Å²) in [7, 11) is 0. The van der Waals surface area contributed by atoms with E-state index >= 15 is 0 Å². The summed E-state index contributed by atoms with van der Waals surface area (Å²) < 4.78 is 7.78. The van der Waals surface area contributed by atoms with Gasteiger partial charge in [-0.1, -0.05) is 30.3 Å². The van der Waals surface area contributed by atoms with Gasteiger partial charge >= 0.3 is 0 Å². The Bertz CT molecular complexity index is 1210. The Kier molecular flexibility index (Phi) is 6.95. The average Bonchev–Trinajstić information content (AvgIpc) is 3.28. The minimum atomic E-state index is -0.145. The first-order valence-electron chi connectivity index (χ1n) is 10.8. The Morgan fingerprint density at radius 1 is 1.09 bits per heavy atom. The normalized spacial score (nSPS) is 11.9. The third-order valence-electron chi connectivity index (χ3n) is 5.29. The van der Waals surface area contributed by atoms with Gasteiger partial charge in [0.1, 0.15) is 18.2 Å². The molecule has 33 heavy (non-hydrogen) atoms. The van der Waals surface area contributed by atoms with E-state index in [2.05, 4.69) is 15.3 Å². The first-order valence-corrected chi connectivity index (χ1v) is 10.8. The molecule has 0 spiro atoms. The molecule has 0 fully saturated rings. The number of aromatic nitrogens is 3. The highest BCUT2D eigenvalue weighted by atomic mass is 16.5. The number of ether oxygens (including phenoxy) is 1. The van der Waals surface area contributed by atoms with Crippen LogP contribution in [0.15, 0.2) is 91.5 Å². The van der Waals surface area contributed by atoms with Crippen LogP contribution in [0.4, 0.5) is 0 Å². The van der Waals surface area contributed by atoms with Crippen molar-refractivity contribution in [2.45, 2.75) is 26.5 Å². The number of hydrogen-bond donors (Lipinski definition) is 1. The third-order valence-corrected chi connectivity index (χ3v) is 5.29. The Morgan fingerprint density at radius 2 is 1.88 bits per heavy atom. The molecular formula is C27H26N4O2. The lowest BCUT2D eigenvalue weighted by Gasteiger charge is -2.14. The molecule has 2 heterocycles. The van der Waals surface area contributed by atoms with Gasteiger partial charge in [-0.05, 0) is 61.4 Å². The molecule has 0 saturated heterocycles. The van der Waals surface area contributed by atoms with E-state index in [9.17, 15) is 4.79 Å². The lowest BCUT2D eigenvalue weighted by molar-refractivity contribution is -0.117. The molecule has 0 bridgehead atoms. The summed E-state index contributed by atoms with van der Waals surface area (Å²) in [5.41, 5.74) is 4.01. The minimum absolute atomic E-state index is 0.108. The number of pyridine rings is 1. The summed E-state index contributed by atoms with van der Waals surface area (Å²) in [6.45, 7) is 4.40. The SMILES string of the molecule is Cc1nccn1-c1ccc([C@H](C)NC(=O)/C=C/c2ccc(OCc3cccnc3)cc2)cc1. The predicted molar refractivity (Wildman–Crippen MR) is 129 cm³/mol. The molecule has 6 heteroatoms. The van der Waals surface area contributed by atoms with Gasteiger partial charge in [-0.15, -0.1) is 0 Å². The van der Waals surface area contributed by atoms with E-state index in [1.807, 2.05) is 85.3 Å². The molecule has 2 aromatic heterocycles. The molecular weight excluding hydrogens is 412 g/mol. The number of aryl methyl sites for hydroxylation is 1. The predicted octanol–water partition coefficient (Wildman–Crippen LogP) is 5.05. The van der Waals surface area contributed by atoms with Crippen LogP contribution in [-0.2, 0) is 11.4 Å². The smallest absolute Gasteiger partial charge is 0.244 e. The third kappa shape index (κ3) is 5.95. The molecule has 4 rings (SSSR count). The minimum Gasteiger partial charge on any atom is -0.489 e. The summed E-state index contributed by atoms with van der Waals surface area (Å²) in [5.74, 6) is 1.56. The molecule has 0 aliphatic heterocycles. The molecule has 0 radical (unpaired) electrons. The average molecular weight is 439 g/mol. The number of rotatable bonds is 8. The van der Waals surface area contributed by atoms with Crippen molar-refractivity contribution in [3.05, 3.63) is 114 Å². The molecule has 1 N–H and O–H groups in total. The lowest BCUT2D eigenvalue weighted by atomic mass is 10.1. The van der Waals surface area contributed by atoms with Crippen LogP contribution in [0.25, 0.3) is 11.8 Å². The van der Waals surface area contributed by atoms with E-state index in [1.165, 1.54) is 0 Å². The van der Waals surface area contributed by atoms with Gasteiger partial charge in [0.25, 0.3) is 0 Å². The Balaban J connectivity index is 1.29. The molecule has 1 atom stereocenters. The first-order chi connectivity index (χ1) is 16.1. The zero-order valence-corrected chi connectivity index (χ0v) is 18.7. The number of hydrogen-bond acceptors (Lipinski definition) is 4. The van der Waals surface area contributed by atoms with Crippen LogP contribution in [0.2, 0.25) is 0 Å². The van der Waals surface area contributed by atoms with Gasteiger partial charge < -0.3 is 14.6 Å². The van der Waals surface area contributed by atoms with Gasteiger partial charge in [0.15, 0.2) is 0 Å². The van der Waals surface area contributed by atoms with E-state index < -0.39 is 0 Å². The topological polar surface area (TPSA) is 69.0 Å². The molecule has 0 unspecified atom stereocenters. The van der Waals surface area contributed by atoms with Crippen molar-refractivity contribution in [1.82, 2.24) is 19.9 Å². The highest BCUT2D eigenvalue weighted by Crippen LogP contribution is 2.18. The molecule has 0 saturated carbocycles.